The Morgan fingerprint density at radius 2 is 1.96 bits per heavy atom. The van der Waals surface area contributed by atoms with Crippen LogP contribution in [0.2, 0.25) is 5.02 Å². The first-order valence-electron chi connectivity index (χ1n) is 8.32. The molecule has 0 aliphatic rings. The summed E-state index contributed by atoms with van der Waals surface area (Å²) in [5.74, 6) is -0.740. The number of carbonyl (C=O) groups is 2. The highest BCUT2D eigenvalue weighted by Gasteiger charge is 2.19. The van der Waals surface area contributed by atoms with Crippen LogP contribution in [0.5, 0.6) is 0 Å². The lowest BCUT2D eigenvalue weighted by molar-refractivity contribution is -0.119. The first-order chi connectivity index (χ1) is 12.9. The molecular weight excluding hydrogens is 430 g/mol. The molecule has 7 heteroatoms. The Bertz CT molecular complexity index is 972. The fourth-order valence-electron chi connectivity index (χ4n) is 2.62. The van der Waals surface area contributed by atoms with Crippen molar-refractivity contribution < 1.29 is 9.59 Å². The van der Waals surface area contributed by atoms with E-state index < -0.39 is 0 Å². The molecule has 0 saturated heterocycles. The van der Waals surface area contributed by atoms with Gasteiger partial charge in [0.25, 0.3) is 0 Å². The molecule has 0 spiro atoms. The third kappa shape index (κ3) is 4.84. The van der Waals surface area contributed by atoms with Crippen molar-refractivity contribution in [1.82, 2.24) is 9.78 Å². The number of nitrogens with one attached hydrogen (secondary N) is 1. The molecule has 1 aromatic heterocycles. The number of rotatable bonds is 6. The summed E-state index contributed by atoms with van der Waals surface area (Å²) in [6.07, 6.45) is 3.47. The number of ketones is 1. The molecule has 1 heterocycles. The Balaban J connectivity index is 1.80. The van der Waals surface area contributed by atoms with Crippen LogP contribution >= 0.6 is 27.5 Å². The maximum Gasteiger partial charge on any atom is 0.229 e. The summed E-state index contributed by atoms with van der Waals surface area (Å²) < 4.78 is 2.54. The SMILES string of the molecule is CC(Cn1cc(Br)cn1)C(=O)Nc1ccc(Cl)cc1C(=O)c1ccccc1. The first kappa shape index (κ1) is 19.3. The number of amides is 1. The van der Waals surface area contributed by atoms with Gasteiger partial charge in [-0.3, -0.25) is 14.3 Å². The molecule has 0 aliphatic carbocycles. The zero-order chi connectivity index (χ0) is 19.4. The van der Waals surface area contributed by atoms with Gasteiger partial charge < -0.3 is 5.32 Å². The highest BCUT2D eigenvalue weighted by atomic mass is 79.9. The molecule has 1 atom stereocenters. The highest BCUT2D eigenvalue weighted by Crippen LogP contribution is 2.24. The maximum absolute atomic E-state index is 12.8. The summed E-state index contributed by atoms with van der Waals surface area (Å²) >= 11 is 9.41. The van der Waals surface area contributed by atoms with Crippen molar-refractivity contribution in [2.75, 3.05) is 5.32 Å². The number of hydrogen-bond donors (Lipinski definition) is 1. The molecule has 1 N–H and O–H groups in total. The van der Waals surface area contributed by atoms with E-state index in [1.165, 1.54) is 0 Å². The topological polar surface area (TPSA) is 64.0 Å². The maximum atomic E-state index is 12.8. The largest absolute Gasteiger partial charge is 0.325 e. The van der Waals surface area contributed by atoms with Crippen molar-refractivity contribution in [1.29, 1.82) is 0 Å². The molecule has 27 heavy (non-hydrogen) atoms. The van der Waals surface area contributed by atoms with Gasteiger partial charge in [0, 0.05) is 22.3 Å². The lowest BCUT2D eigenvalue weighted by Gasteiger charge is -2.15. The number of benzene rings is 2. The average Bonchev–Trinajstić information content (AvgIpc) is 3.07. The van der Waals surface area contributed by atoms with E-state index in [9.17, 15) is 9.59 Å². The predicted octanol–water partition coefficient (Wildman–Crippen LogP) is 4.80. The number of carbonyl (C=O) groups excluding carboxylic acids is 2. The van der Waals surface area contributed by atoms with Crippen LogP contribution in [-0.2, 0) is 11.3 Å². The molecule has 3 rings (SSSR count). The lowest BCUT2D eigenvalue weighted by atomic mass is 10.0. The Morgan fingerprint density at radius 3 is 2.63 bits per heavy atom. The number of aromatic nitrogens is 2. The minimum Gasteiger partial charge on any atom is -0.325 e. The molecule has 0 aliphatic heterocycles. The fraction of sp³-hybridized carbons (Fsp3) is 0.150. The van der Waals surface area contributed by atoms with Crippen LogP contribution in [0.1, 0.15) is 22.8 Å². The van der Waals surface area contributed by atoms with Gasteiger partial charge in [-0.15, -0.1) is 0 Å². The third-order valence-corrected chi connectivity index (χ3v) is 4.67. The van der Waals surface area contributed by atoms with Crippen LogP contribution in [-0.4, -0.2) is 21.5 Å². The van der Waals surface area contributed by atoms with Crippen LogP contribution in [0.15, 0.2) is 65.4 Å². The Labute approximate surface area is 170 Å². The van der Waals surface area contributed by atoms with E-state index in [0.29, 0.717) is 28.4 Å². The van der Waals surface area contributed by atoms with Crippen molar-refractivity contribution in [3.8, 4) is 0 Å². The van der Waals surface area contributed by atoms with E-state index in [0.717, 1.165) is 4.47 Å². The number of nitrogens with zero attached hydrogens (tertiary/aromatic N) is 2. The van der Waals surface area contributed by atoms with Gasteiger partial charge in [-0.2, -0.15) is 5.10 Å². The van der Waals surface area contributed by atoms with Crippen molar-refractivity contribution >= 4 is 44.9 Å². The Morgan fingerprint density at radius 1 is 1.22 bits per heavy atom. The van der Waals surface area contributed by atoms with Crippen LogP contribution in [0.4, 0.5) is 5.69 Å². The molecule has 138 valence electrons. The highest BCUT2D eigenvalue weighted by molar-refractivity contribution is 9.10. The number of anilines is 1. The van der Waals surface area contributed by atoms with E-state index in [2.05, 4.69) is 26.3 Å². The molecule has 0 bridgehead atoms. The van der Waals surface area contributed by atoms with Crippen molar-refractivity contribution in [2.24, 2.45) is 5.92 Å². The molecule has 5 nitrogen and oxygen atoms in total. The summed E-state index contributed by atoms with van der Waals surface area (Å²) in [4.78, 5) is 25.4. The van der Waals surface area contributed by atoms with Gasteiger partial charge in [0.15, 0.2) is 5.78 Å². The lowest BCUT2D eigenvalue weighted by Crippen LogP contribution is -2.25. The quantitative estimate of drug-likeness (QED) is 0.553. The van der Waals surface area contributed by atoms with Crippen molar-refractivity contribution in [2.45, 2.75) is 13.5 Å². The minimum atomic E-state index is -0.341. The summed E-state index contributed by atoms with van der Waals surface area (Å²) in [7, 11) is 0. The first-order valence-corrected chi connectivity index (χ1v) is 9.49. The number of hydrogen-bond acceptors (Lipinski definition) is 3. The standard InChI is InChI=1S/C20H17BrClN3O2/c1-13(11-25-12-15(21)10-23-25)20(27)24-18-8-7-16(22)9-17(18)19(26)14-5-3-2-4-6-14/h2-10,12-13H,11H2,1H3,(H,24,27). The van der Waals surface area contributed by atoms with Crippen LogP contribution in [0.25, 0.3) is 0 Å². The van der Waals surface area contributed by atoms with Gasteiger partial charge in [-0.05, 0) is 34.1 Å². The second kappa shape index (κ2) is 8.50. The van der Waals surface area contributed by atoms with E-state index in [-0.39, 0.29) is 17.6 Å². The van der Waals surface area contributed by atoms with Crippen LogP contribution in [0.3, 0.4) is 0 Å². The van der Waals surface area contributed by atoms with Gasteiger partial charge in [0.2, 0.25) is 5.91 Å². The molecule has 0 fully saturated rings. The molecule has 2 aromatic carbocycles. The van der Waals surface area contributed by atoms with Gasteiger partial charge in [-0.25, -0.2) is 0 Å². The molecule has 0 saturated carbocycles. The zero-order valence-electron chi connectivity index (χ0n) is 14.5. The van der Waals surface area contributed by atoms with Crippen molar-refractivity contribution in [3.05, 3.63) is 81.5 Å². The average molecular weight is 447 g/mol. The fourth-order valence-corrected chi connectivity index (χ4v) is 3.12. The summed E-state index contributed by atoms with van der Waals surface area (Å²) in [5, 5.41) is 7.44. The predicted molar refractivity (Wildman–Crippen MR) is 109 cm³/mol. The molecule has 3 aromatic rings. The summed E-state index contributed by atoms with van der Waals surface area (Å²) in [6.45, 7) is 2.23. The van der Waals surface area contributed by atoms with Crippen LogP contribution < -0.4 is 5.32 Å². The van der Waals surface area contributed by atoms with Crippen LogP contribution in [0, 0.1) is 5.92 Å². The molecule has 0 radical (unpaired) electrons. The second-order valence-electron chi connectivity index (χ2n) is 6.16. The summed E-state index contributed by atoms with van der Waals surface area (Å²) in [5.41, 5.74) is 1.33. The Hall–Kier alpha value is -2.44. The van der Waals surface area contributed by atoms with E-state index in [1.807, 2.05) is 6.07 Å². The zero-order valence-corrected chi connectivity index (χ0v) is 16.9. The molecular formula is C20H17BrClN3O2. The minimum absolute atomic E-state index is 0.197. The van der Waals surface area contributed by atoms with Gasteiger partial charge in [0.1, 0.15) is 0 Å². The van der Waals surface area contributed by atoms with E-state index in [1.54, 1.807) is 66.5 Å². The molecule has 1 unspecified atom stereocenters. The van der Waals surface area contributed by atoms with E-state index >= 15 is 0 Å². The Kier molecular flexibility index (Phi) is 6.08. The van der Waals surface area contributed by atoms with Gasteiger partial charge in [0.05, 0.1) is 28.8 Å². The van der Waals surface area contributed by atoms with E-state index in [4.69, 9.17) is 11.6 Å². The van der Waals surface area contributed by atoms with Crippen molar-refractivity contribution in [3.63, 3.8) is 0 Å². The normalized spacial score (nSPS) is 11.8. The monoisotopic (exact) mass is 445 g/mol. The van der Waals surface area contributed by atoms with Gasteiger partial charge >= 0.3 is 0 Å². The second-order valence-corrected chi connectivity index (χ2v) is 7.51. The van der Waals surface area contributed by atoms with Gasteiger partial charge in [-0.1, -0.05) is 48.9 Å². The summed E-state index contributed by atoms with van der Waals surface area (Å²) in [6, 6.07) is 13.7. The molecule has 1 amide bonds. The third-order valence-electron chi connectivity index (χ3n) is 4.03. The smallest absolute Gasteiger partial charge is 0.229 e. The number of halogens is 2.